The minimum absolute atomic E-state index is 0.164. The first-order valence-electron chi connectivity index (χ1n) is 6.72. The topological polar surface area (TPSA) is 49.6 Å². The molecule has 0 amide bonds. The summed E-state index contributed by atoms with van der Waals surface area (Å²) in [4.78, 5) is 15.1. The Morgan fingerprint density at radius 1 is 1.32 bits per heavy atom. The summed E-state index contributed by atoms with van der Waals surface area (Å²) in [6.45, 7) is 6.60. The number of nitrogens with zero attached hydrogens (tertiary/aromatic N) is 3. The molecule has 1 fully saturated rings. The zero-order valence-corrected chi connectivity index (χ0v) is 11.6. The van der Waals surface area contributed by atoms with Crippen molar-refractivity contribution in [2.45, 2.75) is 19.4 Å². The third kappa shape index (κ3) is 3.75. The second kappa shape index (κ2) is 6.12. The number of rotatable bonds is 4. The maximum absolute atomic E-state index is 10.6. The van der Waals surface area contributed by atoms with Gasteiger partial charge >= 0.3 is 0 Å². The van der Waals surface area contributed by atoms with Crippen LogP contribution in [0.5, 0.6) is 0 Å². The highest BCUT2D eigenvalue weighted by atomic mass is 16.6. The highest BCUT2D eigenvalue weighted by Crippen LogP contribution is 2.14. The molecule has 2 rings (SSSR count). The standard InChI is InChI=1S/C14H21N3O2/c1-12-11-15(2)9-10-16(12)8-7-13-3-5-14(6-4-13)17(18)19/h3-6,12H,7-11H2,1-2H3/t12-/m1/s1. The fourth-order valence-electron chi connectivity index (χ4n) is 2.57. The summed E-state index contributed by atoms with van der Waals surface area (Å²) in [6.07, 6.45) is 0.950. The summed E-state index contributed by atoms with van der Waals surface area (Å²) in [7, 11) is 2.16. The highest BCUT2D eigenvalue weighted by molar-refractivity contribution is 5.32. The van der Waals surface area contributed by atoms with E-state index >= 15 is 0 Å². The average Bonchev–Trinajstić information content (AvgIpc) is 2.38. The highest BCUT2D eigenvalue weighted by Gasteiger charge is 2.20. The van der Waals surface area contributed by atoms with Gasteiger partial charge in [0.1, 0.15) is 0 Å². The minimum Gasteiger partial charge on any atom is -0.304 e. The molecular formula is C14H21N3O2. The number of piperazine rings is 1. The molecule has 5 nitrogen and oxygen atoms in total. The molecule has 0 unspecified atom stereocenters. The first-order valence-corrected chi connectivity index (χ1v) is 6.72. The van der Waals surface area contributed by atoms with Crippen LogP contribution in [0, 0.1) is 10.1 Å². The third-order valence-electron chi connectivity index (χ3n) is 3.80. The van der Waals surface area contributed by atoms with Crippen molar-refractivity contribution in [1.82, 2.24) is 9.80 Å². The van der Waals surface area contributed by atoms with Crippen LogP contribution < -0.4 is 0 Å². The van der Waals surface area contributed by atoms with Gasteiger partial charge in [0.2, 0.25) is 0 Å². The fourth-order valence-corrected chi connectivity index (χ4v) is 2.57. The maximum atomic E-state index is 10.6. The molecule has 1 aliphatic heterocycles. The van der Waals surface area contributed by atoms with Crippen molar-refractivity contribution in [3.05, 3.63) is 39.9 Å². The molecule has 19 heavy (non-hydrogen) atoms. The van der Waals surface area contributed by atoms with Crippen molar-refractivity contribution in [3.8, 4) is 0 Å². The van der Waals surface area contributed by atoms with E-state index in [2.05, 4.69) is 23.8 Å². The summed E-state index contributed by atoms with van der Waals surface area (Å²) in [5.41, 5.74) is 1.33. The maximum Gasteiger partial charge on any atom is 0.269 e. The molecule has 0 saturated carbocycles. The lowest BCUT2D eigenvalue weighted by Crippen LogP contribution is -2.50. The van der Waals surface area contributed by atoms with Crippen LogP contribution in [0.3, 0.4) is 0 Å². The van der Waals surface area contributed by atoms with Crippen LogP contribution in [0.2, 0.25) is 0 Å². The first-order chi connectivity index (χ1) is 9.06. The van der Waals surface area contributed by atoms with E-state index in [0.29, 0.717) is 6.04 Å². The Kier molecular flexibility index (Phi) is 4.50. The van der Waals surface area contributed by atoms with Crippen molar-refractivity contribution in [2.24, 2.45) is 0 Å². The number of hydrogen-bond acceptors (Lipinski definition) is 4. The van der Waals surface area contributed by atoms with E-state index in [-0.39, 0.29) is 10.6 Å². The quantitative estimate of drug-likeness (QED) is 0.613. The molecule has 0 bridgehead atoms. The van der Waals surface area contributed by atoms with Gasteiger partial charge in [-0.25, -0.2) is 0 Å². The Labute approximate surface area is 114 Å². The molecule has 0 N–H and O–H groups in total. The van der Waals surface area contributed by atoms with Crippen molar-refractivity contribution < 1.29 is 4.92 Å². The smallest absolute Gasteiger partial charge is 0.269 e. The summed E-state index contributed by atoms with van der Waals surface area (Å²) in [5.74, 6) is 0. The molecule has 1 aromatic rings. The molecule has 1 saturated heterocycles. The van der Waals surface area contributed by atoms with Gasteiger partial charge in [-0.2, -0.15) is 0 Å². The van der Waals surface area contributed by atoms with Crippen LogP contribution in [0.15, 0.2) is 24.3 Å². The lowest BCUT2D eigenvalue weighted by atomic mass is 10.1. The van der Waals surface area contributed by atoms with Gasteiger partial charge < -0.3 is 4.90 Å². The second-order valence-corrected chi connectivity index (χ2v) is 5.32. The molecule has 0 aromatic heterocycles. The Morgan fingerprint density at radius 2 is 2.00 bits per heavy atom. The molecule has 0 aliphatic carbocycles. The van der Waals surface area contributed by atoms with E-state index in [1.165, 1.54) is 0 Å². The van der Waals surface area contributed by atoms with Gasteiger partial charge in [0, 0.05) is 44.4 Å². The molecule has 1 aromatic carbocycles. The Morgan fingerprint density at radius 3 is 2.58 bits per heavy atom. The van der Waals surface area contributed by atoms with Gasteiger partial charge in [0.25, 0.3) is 5.69 Å². The van der Waals surface area contributed by atoms with Crippen molar-refractivity contribution in [3.63, 3.8) is 0 Å². The molecule has 1 atom stereocenters. The first kappa shape index (κ1) is 14.0. The SMILES string of the molecule is C[C@@H]1CN(C)CCN1CCc1ccc([N+](=O)[O-])cc1. The molecule has 104 valence electrons. The summed E-state index contributed by atoms with van der Waals surface area (Å²) in [6, 6.07) is 7.47. The molecule has 1 heterocycles. The molecule has 1 aliphatic rings. The van der Waals surface area contributed by atoms with Crippen LogP contribution in [0.1, 0.15) is 12.5 Å². The molecule has 5 heteroatoms. The van der Waals surface area contributed by atoms with Crippen LogP contribution in [0.4, 0.5) is 5.69 Å². The van der Waals surface area contributed by atoms with Crippen LogP contribution in [-0.2, 0) is 6.42 Å². The summed E-state index contributed by atoms with van der Waals surface area (Å²) in [5, 5.41) is 10.6. The van der Waals surface area contributed by atoms with E-state index in [4.69, 9.17) is 0 Å². The largest absolute Gasteiger partial charge is 0.304 e. The lowest BCUT2D eigenvalue weighted by Gasteiger charge is -2.38. The van der Waals surface area contributed by atoms with Crippen LogP contribution in [0.25, 0.3) is 0 Å². The van der Waals surface area contributed by atoms with Gasteiger partial charge in [-0.3, -0.25) is 15.0 Å². The predicted octanol–water partition coefficient (Wildman–Crippen LogP) is 1.77. The predicted molar refractivity (Wildman–Crippen MR) is 75.3 cm³/mol. The number of benzene rings is 1. The number of likely N-dealkylation sites (N-methyl/N-ethyl adjacent to an activating group) is 1. The number of nitro groups is 1. The zero-order valence-electron chi connectivity index (χ0n) is 11.6. The third-order valence-corrected chi connectivity index (χ3v) is 3.80. The lowest BCUT2D eigenvalue weighted by molar-refractivity contribution is -0.384. The number of nitro benzene ring substituents is 1. The van der Waals surface area contributed by atoms with Gasteiger partial charge in [0.05, 0.1) is 4.92 Å². The van der Waals surface area contributed by atoms with E-state index in [0.717, 1.165) is 38.2 Å². The normalized spacial score (nSPS) is 21.5. The van der Waals surface area contributed by atoms with Crippen molar-refractivity contribution in [2.75, 3.05) is 33.2 Å². The minimum atomic E-state index is -0.355. The van der Waals surface area contributed by atoms with Crippen LogP contribution >= 0.6 is 0 Å². The van der Waals surface area contributed by atoms with Crippen LogP contribution in [-0.4, -0.2) is 54.0 Å². The van der Waals surface area contributed by atoms with Gasteiger partial charge in [0.15, 0.2) is 0 Å². The second-order valence-electron chi connectivity index (χ2n) is 5.32. The molecule has 0 radical (unpaired) electrons. The van der Waals surface area contributed by atoms with E-state index in [1.54, 1.807) is 12.1 Å². The molecule has 0 spiro atoms. The fraction of sp³-hybridized carbons (Fsp3) is 0.571. The molecular weight excluding hydrogens is 242 g/mol. The van der Waals surface area contributed by atoms with Gasteiger partial charge in [-0.1, -0.05) is 12.1 Å². The zero-order chi connectivity index (χ0) is 13.8. The van der Waals surface area contributed by atoms with Crippen molar-refractivity contribution in [1.29, 1.82) is 0 Å². The summed E-state index contributed by atoms with van der Waals surface area (Å²) >= 11 is 0. The van der Waals surface area contributed by atoms with Gasteiger partial charge in [-0.05, 0) is 26.0 Å². The number of hydrogen-bond donors (Lipinski definition) is 0. The van der Waals surface area contributed by atoms with E-state index in [9.17, 15) is 10.1 Å². The van der Waals surface area contributed by atoms with E-state index < -0.39 is 0 Å². The Bertz CT molecular complexity index is 433. The average molecular weight is 263 g/mol. The van der Waals surface area contributed by atoms with E-state index in [1.807, 2.05) is 12.1 Å². The Hall–Kier alpha value is -1.46. The monoisotopic (exact) mass is 263 g/mol. The summed E-state index contributed by atoms with van der Waals surface area (Å²) < 4.78 is 0. The van der Waals surface area contributed by atoms with Gasteiger partial charge in [-0.15, -0.1) is 0 Å². The Balaban J connectivity index is 1.86. The van der Waals surface area contributed by atoms with Crippen molar-refractivity contribution >= 4 is 5.69 Å². The number of non-ortho nitro benzene ring substituents is 1.